The van der Waals surface area contributed by atoms with E-state index < -0.39 is 15.1 Å². The van der Waals surface area contributed by atoms with Gasteiger partial charge >= 0.3 is 0 Å². The molecule has 5 rings (SSSR count). The number of nitrogens with zero attached hydrogens (tertiary/aromatic N) is 2. The number of fused-ring (bicyclic) bond motifs is 3. The van der Waals surface area contributed by atoms with Crippen LogP contribution in [0.3, 0.4) is 0 Å². The van der Waals surface area contributed by atoms with Crippen molar-refractivity contribution in [2.24, 2.45) is 0 Å². The predicted molar refractivity (Wildman–Crippen MR) is 130 cm³/mol. The number of carbonyl (C=O) groups is 1. The van der Waals surface area contributed by atoms with Crippen LogP contribution in [0.4, 0.5) is 0 Å². The third-order valence-electron chi connectivity index (χ3n) is 7.47. The molecule has 3 aliphatic rings. The van der Waals surface area contributed by atoms with E-state index in [2.05, 4.69) is 27.6 Å². The summed E-state index contributed by atoms with van der Waals surface area (Å²) in [4.78, 5) is 20.2. The fraction of sp³-hybridized carbons (Fsp3) is 0.652. The molecule has 3 aliphatic heterocycles. The first kappa shape index (κ1) is 24.4. The molecule has 3 unspecified atom stereocenters. The minimum absolute atomic E-state index is 0. The number of para-hydroxylation sites is 1. The highest BCUT2D eigenvalue weighted by Gasteiger charge is 2.42. The number of oxazole rings is 1. The van der Waals surface area contributed by atoms with Crippen molar-refractivity contribution in [1.29, 1.82) is 0 Å². The largest absolute Gasteiger partial charge is 0.439 e. The minimum Gasteiger partial charge on any atom is -0.439 e. The summed E-state index contributed by atoms with van der Waals surface area (Å²) in [5.41, 5.74) is 1.30. The van der Waals surface area contributed by atoms with Crippen LogP contribution in [0.15, 0.2) is 22.6 Å². The van der Waals surface area contributed by atoms with Crippen molar-refractivity contribution >= 4 is 39.3 Å². The molecule has 33 heavy (non-hydrogen) atoms. The number of piperidine rings is 2. The maximum Gasteiger partial charge on any atom is 0.253 e. The lowest BCUT2D eigenvalue weighted by Crippen LogP contribution is -2.55. The van der Waals surface area contributed by atoms with Crippen LogP contribution in [0.1, 0.15) is 67.5 Å². The highest BCUT2D eigenvalue weighted by atomic mass is 35.5. The molecule has 0 radical (unpaired) electrons. The van der Waals surface area contributed by atoms with Crippen molar-refractivity contribution in [2.75, 3.05) is 12.8 Å². The number of sulfone groups is 1. The summed E-state index contributed by atoms with van der Waals surface area (Å²) in [5, 5.41) is 5.63. The van der Waals surface area contributed by atoms with E-state index in [1.54, 1.807) is 18.2 Å². The van der Waals surface area contributed by atoms with E-state index >= 15 is 0 Å². The Balaban J connectivity index is 0.00000259. The SMILES string of the molecule is C[C@@H]1CS(=O)(=O)C(c2nc3c(C(=O)NC4CC5CCCC(C4)N5C)cccc3o2)[C@@H](C)N1.Cl. The van der Waals surface area contributed by atoms with E-state index in [9.17, 15) is 13.2 Å². The molecule has 1 aromatic carbocycles. The Labute approximate surface area is 201 Å². The van der Waals surface area contributed by atoms with Crippen molar-refractivity contribution in [3.05, 3.63) is 29.7 Å². The average molecular weight is 497 g/mol. The Kier molecular flexibility index (Phi) is 6.79. The van der Waals surface area contributed by atoms with Gasteiger partial charge in [0.05, 0.1) is 11.3 Å². The summed E-state index contributed by atoms with van der Waals surface area (Å²) >= 11 is 0. The number of amides is 1. The van der Waals surface area contributed by atoms with Gasteiger partial charge in [-0.25, -0.2) is 13.4 Å². The lowest BCUT2D eigenvalue weighted by atomic mass is 9.82. The second-order valence-corrected chi connectivity index (χ2v) is 12.0. The number of hydrogen-bond donors (Lipinski definition) is 2. The fourth-order valence-corrected chi connectivity index (χ4v) is 8.09. The molecule has 2 N–H and O–H groups in total. The minimum atomic E-state index is -3.42. The van der Waals surface area contributed by atoms with E-state index in [0.29, 0.717) is 28.7 Å². The zero-order chi connectivity index (χ0) is 22.6. The molecule has 2 aromatic rings. The second kappa shape index (κ2) is 9.17. The van der Waals surface area contributed by atoms with Crippen LogP contribution in [0.2, 0.25) is 0 Å². The van der Waals surface area contributed by atoms with Crippen LogP contribution in [0, 0.1) is 0 Å². The van der Waals surface area contributed by atoms with Gasteiger partial charge in [0, 0.05) is 30.2 Å². The number of carbonyl (C=O) groups excluding carboxylic acids is 1. The van der Waals surface area contributed by atoms with Crippen LogP contribution in [0.5, 0.6) is 0 Å². The van der Waals surface area contributed by atoms with Gasteiger partial charge in [-0.05, 0) is 58.7 Å². The van der Waals surface area contributed by atoms with Gasteiger partial charge in [-0.3, -0.25) is 4.79 Å². The monoisotopic (exact) mass is 496 g/mol. The summed E-state index contributed by atoms with van der Waals surface area (Å²) in [6, 6.07) is 5.97. The summed E-state index contributed by atoms with van der Waals surface area (Å²) in [5.74, 6) is 0.0161. The third-order valence-corrected chi connectivity index (χ3v) is 9.82. The highest BCUT2D eigenvalue weighted by Crippen LogP contribution is 2.34. The van der Waals surface area contributed by atoms with Gasteiger partial charge in [0.15, 0.2) is 20.7 Å². The normalized spacial score (nSPS) is 33.9. The first-order chi connectivity index (χ1) is 15.2. The van der Waals surface area contributed by atoms with Gasteiger partial charge in [-0.15, -0.1) is 12.4 Å². The maximum atomic E-state index is 13.2. The Hall–Kier alpha value is -1.68. The first-order valence-corrected chi connectivity index (χ1v) is 13.3. The number of aromatic nitrogens is 1. The standard InChI is InChI=1S/C23H32N4O4S.ClH/c1-13-12-32(29,30)21(14(2)24-13)23-26-20-18(8-5-9-19(20)31-23)22(28)25-15-10-16-6-4-7-17(11-15)27(16)3;/h5,8-9,13-17,21,24H,4,6-7,10-12H2,1-3H3,(H,25,28);1H/t13-,14-,15?,16?,17?,21?;/m1./s1. The Morgan fingerprint density at radius 3 is 2.58 bits per heavy atom. The first-order valence-electron chi connectivity index (χ1n) is 11.6. The molecule has 3 fully saturated rings. The van der Waals surface area contributed by atoms with Crippen molar-refractivity contribution in [2.45, 2.75) is 81.4 Å². The Morgan fingerprint density at radius 1 is 1.21 bits per heavy atom. The lowest BCUT2D eigenvalue weighted by Gasteiger charge is -2.47. The maximum absolute atomic E-state index is 13.2. The average Bonchev–Trinajstić information content (AvgIpc) is 3.10. The van der Waals surface area contributed by atoms with E-state index in [1.165, 1.54) is 19.3 Å². The lowest BCUT2D eigenvalue weighted by molar-refractivity contribution is 0.0463. The molecule has 5 atom stereocenters. The molecule has 8 nitrogen and oxygen atoms in total. The van der Waals surface area contributed by atoms with Crippen LogP contribution < -0.4 is 10.6 Å². The smallest absolute Gasteiger partial charge is 0.253 e. The Bertz CT molecular complexity index is 1120. The van der Waals surface area contributed by atoms with E-state index in [4.69, 9.17) is 4.42 Å². The quantitative estimate of drug-likeness (QED) is 0.673. The molecule has 0 saturated carbocycles. The van der Waals surface area contributed by atoms with Crippen molar-refractivity contribution in [3.8, 4) is 0 Å². The van der Waals surface area contributed by atoms with E-state index in [0.717, 1.165) is 12.8 Å². The third kappa shape index (κ3) is 4.52. The van der Waals surface area contributed by atoms with Gasteiger partial charge in [0.25, 0.3) is 5.91 Å². The number of nitrogens with one attached hydrogen (secondary N) is 2. The molecule has 0 spiro atoms. The van der Waals surface area contributed by atoms with Crippen molar-refractivity contribution < 1.29 is 17.6 Å². The second-order valence-electron chi connectivity index (χ2n) is 9.86. The molecule has 10 heteroatoms. The van der Waals surface area contributed by atoms with E-state index in [1.807, 2.05) is 13.8 Å². The van der Waals surface area contributed by atoms with Gasteiger partial charge in [0.2, 0.25) is 5.89 Å². The fourth-order valence-electron chi connectivity index (χ4n) is 5.98. The van der Waals surface area contributed by atoms with Crippen LogP contribution in [0.25, 0.3) is 11.1 Å². The van der Waals surface area contributed by atoms with Crippen LogP contribution >= 0.6 is 12.4 Å². The topological polar surface area (TPSA) is 105 Å². The highest BCUT2D eigenvalue weighted by molar-refractivity contribution is 7.91. The van der Waals surface area contributed by atoms with Gasteiger partial charge in [0.1, 0.15) is 5.52 Å². The van der Waals surface area contributed by atoms with Gasteiger partial charge in [-0.1, -0.05) is 12.5 Å². The summed E-state index contributed by atoms with van der Waals surface area (Å²) < 4.78 is 31.6. The molecule has 182 valence electrons. The zero-order valence-corrected chi connectivity index (χ0v) is 20.9. The summed E-state index contributed by atoms with van der Waals surface area (Å²) in [7, 11) is -1.22. The number of halogens is 1. The molecule has 1 aromatic heterocycles. The van der Waals surface area contributed by atoms with Crippen LogP contribution in [-0.4, -0.2) is 67.2 Å². The molecule has 2 bridgehead atoms. The Morgan fingerprint density at radius 2 is 1.91 bits per heavy atom. The van der Waals surface area contributed by atoms with Crippen LogP contribution in [-0.2, 0) is 9.84 Å². The van der Waals surface area contributed by atoms with Crippen molar-refractivity contribution in [1.82, 2.24) is 20.5 Å². The molecule has 1 amide bonds. The summed E-state index contributed by atoms with van der Waals surface area (Å²) in [6.45, 7) is 3.69. The summed E-state index contributed by atoms with van der Waals surface area (Å²) in [6.07, 6.45) is 5.54. The predicted octanol–water partition coefficient (Wildman–Crippen LogP) is 2.83. The van der Waals surface area contributed by atoms with Gasteiger partial charge < -0.3 is 20.0 Å². The molecular formula is C23H33ClN4O4S. The number of hydrogen-bond acceptors (Lipinski definition) is 7. The van der Waals surface area contributed by atoms with E-state index in [-0.39, 0.29) is 48.1 Å². The zero-order valence-electron chi connectivity index (χ0n) is 19.3. The molecule has 3 saturated heterocycles. The molecule has 0 aliphatic carbocycles. The van der Waals surface area contributed by atoms with Crippen molar-refractivity contribution in [3.63, 3.8) is 0 Å². The molecule has 4 heterocycles. The number of benzene rings is 1. The number of rotatable bonds is 3. The molecular weight excluding hydrogens is 464 g/mol. The van der Waals surface area contributed by atoms with Gasteiger partial charge in [-0.2, -0.15) is 0 Å².